The molecule has 1 atom stereocenters. The maximum atomic E-state index is 12.6. The zero-order chi connectivity index (χ0) is 18.4. The van der Waals surface area contributed by atoms with E-state index in [0.29, 0.717) is 24.6 Å². The third-order valence-corrected chi connectivity index (χ3v) is 6.68. The van der Waals surface area contributed by atoms with Gasteiger partial charge in [-0.15, -0.1) is 0 Å². The minimum absolute atomic E-state index is 0.127. The number of amides is 1. The summed E-state index contributed by atoms with van der Waals surface area (Å²) in [5.41, 5.74) is 3.87. The van der Waals surface area contributed by atoms with Gasteiger partial charge >= 0.3 is 0 Å². The van der Waals surface area contributed by atoms with Gasteiger partial charge in [0.1, 0.15) is 0 Å². The van der Waals surface area contributed by atoms with Gasteiger partial charge in [0.2, 0.25) is 10.0 Å². The molecular weight excluding hydrogens is 338 g/mol. The lowest BCUT2D eigenvalue weighted by atomic mass is 9.89. The number of benzene rings is 1. The number of hydrogen-bond donors (Lipinski definition) is 1. The first-order chi connectivity index (χ1) is 11.9. The molecule has 0 heterocycles. The van der Waals surface area contributed by atoms with Crippen LogP contribution in [0.15, 0.2) is 34.3 Å². The zero-order valence-corrected chi connectivity index (χ0v) is 16.0. The van der Waals surface area contributed by atoms with Crippen molar-refractivity contribution < 1.29 is 13.2 Å². The van der Waals surface area contributed by atoms with Crippen LogP contribution >= 0.6 is 0 Å². The van der Waals surface area contributed by atoms with Gasteiger partial charge in [0, 0.05) is 24.4 Å². The quantitative estimate of drug-likeness (QED) is 0.787. The van der Waals surface area contributed by atoms with Crippen molar-refractivity contribution in [3.05, 3.63) is 29.8 Å². The molecule has 7 heteroatoms. The molecule has 6 nitrogen and oxygen atoms in total. The topological polar surface area (TPSA) is 78.8 Å². The predicted octanol–water partition coefficient (Wildman–Crippen LogP) is 3.01. The van der Waals surface area contributed by atoms with E-state index in [2.05, 4.69) is 17.5 Å². The van der Waals surface area contributed by atoms with Crippen molar-refractivity contribution in [3.8, 4) is 0 Å². The van der Waals surface area contributed by atoms with Crippen LogP contribution in [0.5, 0.6) is 0 Å². The highest BCUT2D eigenvalue weighted by Gasteiger charge is 2.22. The summed E-state index contributed by atoms with van der Waals surface area (Å²) in [7, 11) is -3.58. The van der Waals surface area contributed by atoms with E-state index < -0.39 is 10.0 Å². The number of hydrazone groups is 1. The fourth-order valence-corrected chi connectivity index (χ4v) is 4.54. The van der Waals surface area contributed by atoms with Crippen molar-refractivity contribution in [2.45, 2.75) is 51.3 Å². The van der Waals surface area contributed by atoms with E-state index in [-0.39, 0.29) is 10.8 Å². The molecule has 138 valence electrons. The Morgan fingerprint density at radius 3 is 2.64 bits per heavy atom. The van der Waals surface area contributed by atoms with Crippen LogP contribution in [0.4, 0.5) is 0 Å². The van der Waals surface area contributed by atoms with Crippen molar-refractivity contribution in [2.75, 3.05) is 13.1 Å². The summed E-state index contributed by atoms with van der Waals surface area (Å²) in [6.45, 7) is 6.47. The number of nitrogens with one attached hydrogen (secondary N) is 1. The Bertz CT molecular complexity index is 740. The Kier molecular flexibility index (Phi) is 6.72. The summed E-state index contributed by atoms with van der Waals surface area (Å²) in [6, 6.07) is 6.11. The van der Waals surface area contributed by atoms with E-state index in [0.717, 1.165) is 25.0 Å². The van der Waals surface area contributed by atoms with Gasteiger partial charge in [-0.05, 0) is 43.4 Å². The third-order valence-electron chi connectivity index (χ3n) is 4.63. The van der Waals surface area contributed by atoms with E-state index in [1.165, 1.54) is 22.9 Å². The first kappa shape index (κ1) is 19.6. The van der Waals surface area contributed by atoms with Gasteiger partial charge in [0.15, 0.2) is 0 Å². The molecule has 0 aliphatic heterocycles. The molecule has 0 radical (unpaired) electrons. The average molecular weight is 365 g/mol. The van der Waals surface area contributed by atoms with Crippen LogP contribution in [0.25, 0.3) is 0 Å². The maximum absolute atomic E-state index is 12.6. The van der Waals surface area contributed by atoms with E-state index in [4.69, 9.17) is 0 Å². The number of hydrogen-bond acceptors (Lipinski definition) is 4. The Balaban J connectivity index is 2.18. The van der Waals surface area contributed by atoms with Gasteiger partial charge in [-0.3, -0.25) is 4.79 Å². The van der Waals surface area contributed by atoms with Crippen molar-refractivity contribution in [2.24, 2.45) is 11.0 Å². The molecule has 0 bridgehead atoms. The van der Waals surface area contributed by atoms with Crippen molar-refractivity contribution in [3.63, 3.8) is 0 Å². The molecule has 0 aromatic heterocycles. The summed E-state index contributed by atoms with van der Waals surface area (Å²) in [6.07, 6.45) is 4.28. The second-order valence-corrected chi connectivity index (χ2v) is 8.25. The molecule has 1 amide bonds. The zero-order valence-electron chi connectivity index (χ0n) is 15.2. The van der Waals surface area contributed by atoms with Crippen molar-refractivity contribution in [1.29, 1.82) is 0 Å². The Morgan fingerprint density at radius 1 is 1.28 bits per heavy atom. The van der Waals surface area contributed by atoms with Crippen LogP contribution in [-0.4, -0.2) is 37.4 Å². The number of rotatable bonds is 6. The van der Waals surface area contributed by atoms with Gasteiger partial charge in [-0.25, -0.2) is 13.8 Å². The molecule has 1 saturated carbocycles. The van der Waals surface area contributed by atoms with E-state index >= 15 is 0 Å². The standard InChI is InChI=1S/C18H27N3O3S/c1-4-21(5-2)25(23,24)16-11-8-10-15(13-16)18(22)20-19-17-12-7-6-9-14(17)3/h8,10-11,13-14H,4-7,9,12H2,1-3H3,(H,20,22). The van der Waals surface area contributed by atoms with Crippen molar-refractivity contribution >= 4 is 21.6 Å². The molecule has 0 saturated heterocycles. The minimum Gasteiger partial charge on any atom is -0.267 e. The molecule has 1 aliphatic carbocycles. The molecule has 1 aromatic carbocycles. The summed E-state index contributed by atoms with van der Waals surface area (Å²) < 4.78 is 26.5. The molecule has 1 aromatic rings. The minimum atomic E-state index is -3.58. The second-order valence-electron chi connectivity index (χ2n) is 6.31. The number of nitrogens with zero attached hydrogens (tertiary/aromatic N) is 2. The normalized spacial score (nSPS) is 20.0. The molecule has 25 heavy (non-hydrogen) atoms. The van der Waals surface area contributed by atoms with Crippen LogP contribution in [0.3, 0.4) is 0 Å². The van der Waals surface area contributed by atoms with Crippen molar-refractivity contribution in [1.82, 2.24) is 9.73 Å². The average Bonchev–Trinajstić information content (AvgIpc) is 2.61. The fourth-order valence-electron chi connectivity index (χ4n) is 3.03. The molecule has 1 N–H and O–H groups in total. The lowest BCUT2D eigenvalue weighted by Gasteiger charge is -2.20. The highest BCUT2D eigenvalue weighted by atomic mass is 32.2. The largest absolute Gasteiger partial charge is 0.271 e. The first-order valence-electron chi connectivity index (χ1n) is 8.87. The maximum Gasteiger partial charge on any atom is 0.271 e. The summed E-state index contributed by atoms with van der Waals surface area (Å²) in [5, 5.41) is 4.26. The highest BCUT2D eigenvalue weighted by molar-refractivity contribution is 7.89. The first-order valence-corrected chi connectivity index (χ1v) is 10.3. The summed E-state index contributed by atoms with van der Waals surface area (Å²) in [5.74, 6) is -0.00898. The van der Waals surface area contributed by atoms with Crippen LogP contribution in [0.1, 0.15) is 56.8 Å². The van der Waals surface area contributed by atoms with Gasteiger partial charge in [0.25, 0.3) is 5.91 Å². The molecule has 0 spiro atoms. The van der Waals surface area contributed by atoms with Gasteiger partial charge < -0.3 is 0 Å². The van der Waals surface area contributed by atoms with Gasteiger partial charge in [0.05, 0.1) is 4.90 Å². The molecule has 2 rings (SSSR count). The molecule has 1 aliphatic rings. The fraction of sp³-hybridized carbons (Fsp3) is 0.556. The van der Waals surface area contributed by atoms with Gasteiger partial charge in [-0.1, -0.05) is 33.3 Å². The third kappa shape index (κ3) is 4.67. The molecular formula is C18H27N3O3S. The van der Waals surface area contributed by atoms with Crippen LogP contribution in [-0.2, 0) is 10.0 Å². The van der Waals surface area contributed by atoms with E-state index in [1.54, 1.807) is 26.0 Å². The Labute approximate surface area is 150 Å². The monoisotopic (exact) mass is 365 g/mol. The van der Waals surface area contributed by atoms with Crippen LogP contribution in [0.2, 0.25) is 0 Å². The second kappa shape index (κ2) is 8.58. The summed E-state index contributed by atoms with van der Waals surface area (Å²) in [4.78, 5) is 12.5. The molecule has 1 fully saturated rings. The smallest absolute Gasteiger partial charge is 0.267 e. The predicted molar refractivity (Wildman–Crippen MR) is 99.1 cm³/mol. The van der Waals surface area contributed by atoms with E-state index in [9.17, 15) is 13.2 Å². The lowest BCUT2D eigenvalue weighted by Crippen LogP contribution is -2.31. The lowest BCUT2D eigenvalue weighted by molar-refractivity contribution is 0.0954. The number of sulfonamides is 1. The highest BCUT2D eigenvalue weighted by Crippen LogP contribution is 2.21. The van der Waals surface area contributed by atoms with Crippen LogP contribution < -0.4 is 5.43 Å². The summed E-state index contributed by atoms with van der Waals surface area (Å²) >= 11 is 0. The van der Waals surface area contributed by atoms with E-state index in [1.807, 2.05) is 0 Å². The Hall–Kier alpha value is -1.73. The number of carbonyl (C=O) groups excluding carboxylic acids is 1. The van der Waals surface area contributed by atoms with Crippen LogP contribution in [0, 0.1) is 5.92 Å². The SMILES string of the molecule is CCN(CC)S(=O)(=O)c1cccc(C(=O)NN=C2CCCCC2C)c1. The van der Waals surface area contributed by atoms with Gasteiger partial charge in [-0.2, -0.15) is 9.41 Å². The molecule has 1 unspecified atom stereocenters. The number of carbonyl (C=O) groups is 1. The Morgan fingerprint density at radius 2 is 2.00 bits per heavy atom.